The van der Waals surface area contributed by atoms with Gasteiger partial charge in [-0.1, -0.05) is 41.9 Å². The molecule has 0 aliphatic rings. The summed E-state index contributed by atoms with van der Waals surface area (Å²) in [7, 11) is 1.55. The molecule has 1 unspecified atom stereocenters. The summed E-state index contributed by atoms with van der Waals surface area (Å²) in [6.07, 6.45) is 0. The van der Waals surface area contributed by atoms with Crippen molar-refractivity contribution in [3.8, 4) is 5.75 Å². The second-order valence-corrected chi connectivity index (χ2v) is 6.40. The molecule has 0 heterocycles. The summed E-state index contributed by atoms with van der Waals surface area (Å²) in [4.78, 5) is 26.3. The lowest BCUT2D eigenvalue weighted by Crippen LogP contribution is -2.48. The third kappa shape index (κ3) is 5.23. The Balaban J connectivity index is 2.11. The van der Waals surface area contributed by atoms with E-state index in [1.54, 1.807) is 32.2 Å². The average Bonchev–Trinajstić information content (AvgIpc) is 2.66. The molecule has 0 spiro atoms. The topological polar surface area (TPSA) is 58.6 Å². The van der Waals surface area contributed by atoms with Gasteiger partial charge in [-0.25, -0.2) is 0 Å². The number of hydrogen-bond acceptors (Lipinski definition) is 3. The van der Waals surface area contributed by atoms with Gasteiger partial charge in [0.05, 0.1) is 0 Å². The lowest BCUT2D eigenvalue weighted by Gasteiger charge is -2.28. The molecule has 0 fully saturated rings. The fraction of sp³-hybridized carbons (Fsp3) is 0.300. The highest BCUT2D eigenvalue weighted by Gasteiger charge is 2.25. The number of hydrogen-bond donors (Lipinski definition) is 1. The van der Waals surface area contributed by atoms with Crippen LogP contribution in [0.4, 0.5) is 0 Å². The molecule has 2 rings (SSSR count). The number of halogens is 1. The van der Waals surface area contributed by atoms with Gasteiger partial charge in [0.25, 0.3) is 5.91 Å². The molecule has 0 bridgehead atoms. The molecule has 0 saturated carbocycles. The van der Waals surface area contributed by atoms with Crippen molar-refractivity contribution in [1.82, 2.24) is 10.2 Å². The van der Waals surface area contributed by atoms with E-state index in [-0.39, 0.29) is 18.4 Å². The zero-order valence-electron chi connectivity index (χ0n) is 15.2. The summed E-state index contributed by atoms with van der Waals surface area (Å²) in [5.41, 5.74) is 1.82. The lowest BCUT2D eigenvalue weighted by molar-refractivity contribution is -0.142. The van der Waals surface area contributed by atoms with Crippen LogP contribution in [-0.4, -0.2) is 36.4 Å². The third-order valence-electron chi connectivity index (χ3n) is 4.10. The molecule has 6 heteroatoms. The average molecular weight is 375 g/mol. The summed E-state index contributed by atoms with van der Waals surface area (Å²) in [5.74, 6) is 0.0710. The highest BCUT2D eigenvalue weighted by atomic mass is 35.5. The first-order valence-electron chi connectivity index (χ1n) is 8.36. The minimum Gasteiger partial charge on any atom is -0.484 e. The van der Waals surface area contributed by atoms with E-state index in [9.17, 15) is 9.59 Å². The standard InChI is InChI=1S/C20H23ClN2O3/c1-14-11-17(9-10-18(14)21)26-13-19(24)23(15(2)20(25)22-3)12-16-7-5-4-6-8-16/h4-11,15H,12-13H2,1-3H3,(H,22,25). The van der Waals surface area contributed by atoms with Gasteiger partial charge in [-0.2, -0.15) is 0 Å². The van der Waals surface area contributed by atoms with Crippen LogP contribution in [0.2, 0.25) is 5.02 Å². The molecule has 2 aromatic rings. The maximum atomic E-state index is 12.7. The summed E-state index contributed by atoms with van der Waals surface area (Å²) in [5, 5.41) is 3.23. The summed E-state index contributed by atoms with van der Waals surface area (Å²) in [6.45, 7) is 3.74. The number of carbonyl (C=O) groups is 2. The number of likely N-dealkylation sites (N-methyl/N-ethyl adjacent to an activating group) is 1. The molecule has 2 aromatic carbocycles. The van der Waals surface area contributed by atoms with Gasteiger partial charge in [0, 0.05) is 18.6 Å². The van der Waals surface area contributed by atoms with Crippen LogP contribution >= 0.6 is 11.6 Å². The second kappa shape index (κ2) is 9.25. The molecule has 0 aliphatic heterocycles. The van der Waals surface area contributed by atoms with E-state index < -0.39 is 6.04 Å². The van der Waals surface area contributed by atoms with Crippen LogP contribution in [0.15, 0.2) is 48.5 Å². The van der Waals surface area contributed by atoms with Crippen molar-refractivity contribution < 1.29 is 14.3 Å². The quantitative estimate of drug-likeness (QED) is 0.809. The van der Waals surface area contributed by atoms with Crippen molar-refractivity contribution >= 4 is 23.4 Å². The maximum Gasteiger partial charge on any atom is 0.261 e. The molecule has 26 heavy (non-hydrogen) atoms. The van der Waals surface area contributed by atoms with Crippen molar-refractivity contribution in [3.63, 3.8) is 0 Å². The molecule has 0 radical (unpaired) electrons. The predicted octanol–water partition coefficient (Wildman–Crippen LogP) is 3.19. The van der Waals surface area contributed by atoms with Gasteiger partial charge >= 0.3 is 0 Å². The van der Waals surface area contributed by atoms with E-state index in [1.807, 2.05) is 37.3 Å². The first-order valence-corrected chi connectivity index (χ1v) is 8.74. The molecule has 0 aliphatic carbocycles. The second-order valence-electron chi connectivity index (χ2n) is 6.00. The maximum absolute atomic E-state index is 12.7. The van der Waals surface area contributed by atoms with Crippen LogP contribution < -0.4 is 10.1 Å². The minimum absolute atomic E-state index is 0.157. The molecule has 5 nitrogen and oxygen atoms in total. The monoisotopic (exact) mass is 374 g/mol. The number of nitrogens with zero attached hydrogens (tertiary/aromatic N) is 1. The van der Waals surface area contributed by atoms with E-state index in [4.69, 9.17) is 16.3 Å². The Morgan fingerprint density at radius 1 is 1.19 bits per heavy atom. The third-order valence-corrected chi connectivity index (χ3v) is 4.53. The van der Waals surface area contributed by atoms with Gasteiger partial charge in [-0.15, -0.1) is 0 Å². The molecule has 2 amide bonds. The van der Waals surface area contributed by atoms with E-state index >= 15 is 0 Å². The highest BCUT2D eigenvalue weighted by molar-refractivity contribution is 6.31. The van der Waals surface area contributed by atoms with Gasteiger partial charge in [-0.3, -0.25) is 9.59 Å². The van der Waals surface area contributed by atoms with Crippen molar-refractivity contribution in [1.29, 1.82) is 0 Å². The van der Waals surface area contributed by atoms with E-state index in [0.29, 0.717) is 17.3 Å². The van der Waals surface area contributed by atoms with Crippen LogP contribution in [0.3, 0.4) is 0 Å². The zero-order chi connectivity index (χ0) is 19.1. The predicted molar refractivity (Wildman–Crippen MR) is 102 cm³/mol. The lowest BCUT2D eigenvalue weighted by atomic mass is 10.1. The molecular formula is C20H23ClN2O3. The van der Waals surface area contributed by atoms with Crippen LogP contribution in [0.1, 0.15) is 18.1 Å². The number of ether oxygens (including phenoxy) is 1. The Morgan fingerprint density at radius 3 is 2.50 bits per heavy atom. The van der Waals surface area contributed by atoms with Crippen LogP contribution in [0, 0.1) is 6.92 Å². The normalized spacial score (nSPS) is 11.5. The minimum atomic E-state index is -0.608. The molecule has 1 atom stereocenters. The van der Waals surface area contributed by atoms with Crippen molar-refractivity contribution in [3.05, 3.63) is 64.7 Å². The summed E-state index contributed by atoms with van der Waals surface area (Å²) in [6, 6.07) is 14.1. The molecule has 0 aromatic heterocycles. The van der Waals surface area contributed by atoms with Gasteiger partial charge in [0.2, 0.25) is 5.91 Å². The Morgan fingerprint density at radius 2 is 1.88 bits per heavy atom. The molecule has 138 valence electrons. The summed E-state index contributed by atoms with van der Waals surface area (Å²) < 4.78 is 5.60. The first-order chi connectivity index (χ1) is 12.4. The number of amides is 2. The van der Waals surface area contributed by atoms with Crippen molar-refractivity contribution in [2.45, 2.75) is 26.4 Å². The van der Waals surface area contributed by atoms with Gasteiger partial charge in [-0.05, 0) is 43.2 Å². The Bertz CT molecular complexity index is 765. The van der Waals surface area contributed by atoms with Crippen LogP contribution in [-0.2, 0) is 16.1 Å². The number of aryl methyl sites for hydroxylation is 1. The molecule has 0 saturated heterocycles. The molecule has 1 N–H and O–H groups in total. The van der Waals surface area contributed by atoms with Crippen molar-refractivity contribution in [2.24, 2.45) is 0 Å². The first kappa shape index (κ1) is 19.8. The van der Waals surface area contributed by atoms with E-state index in [2.05, 4.69) is 5.32 Å². The summed E-state index contributed by atoms with van der Waals surface area (Å²) >= 11 is 6.00. The van der Waals surface area contributed by atoms with E-state index in [1.165, 1.54) is 4.90 Å². The van der Waals surface area contributed by atoms with Crippen LogP contribution in [0.5, 0.6) is 5.75 Å². The van der Waals surface area contributed by atoms with Gasteiger partial charge in [0.1, 0.15) is 11.8 Å². The fourth-order valence-corrected chi connectivity index (χ4v) is 2.62. The fourth-order valence-electron chi connectivity index (χ4n) is 2.51. The Hall–Kier alpha value is -2.53. The van der Waals surface area contributed by atoms with Crippen LogP contribution in [0.25, 0.3) is 0 Å². The van der Waals surface area contributed by atoms with Gasteiger partial charge < -0.3 is 15.0 Å². The van der Waals surface area contributed by atoms with Gasteiger partial charge in [0.15, 0.2) is 6.61 Å². The number of benzene rings is 2. The largest absolute Gasteiger partial charge is 0.484 e. The molecular weight excluding hydrogens is 352 g/mol. The Labute approximate surface area is 158 Å². The number of rotatable bonds is 7. The zero-order valence-corrected chi connectivity index (χ0v) is 15.9. The number of nitrogens with one attached hydrogen (secondary N) is 1. The Kier molecular flexibility index (Phi) is 7.04. The van der Waals surface area contributed by atoms with Crippen molar-refractivity contribution in [2.75, 3.05) is 13.7 Å². The number of carbonyl (C=O) groups excluding carboxylic acids is 2. The SMILES string of the molecule is CNC(=O)C(C)N(Cc1ccccc1)C(=O)COc1ccc(Cl)c(C)c1. The highest BCUT2D eigenvalue weighted by Crippen LogP contribution is 2.21. The van der Waals surface area contributed by atoms with E-state index in [0.717, 1.165) is 11.1 Å². The smallest absolute Gasteiger partial charge is 0.261 e.